The third-order valence-corrected chi connectivity index (χ3v) is 1.97. The van der Waals surface area contributed by atoms with Gasteiger partial charge in [-0.2, -0.15) is 0 Å². The summed E-state index contributed by atoms with van der Waals surface area (Å²) < 4.78 is 5.02. The van der Waals surface area contributed by atoms with E-state index in [-0.39, 0.29) is 6.61 Å². The molecule has 2 nitrogen and oxygen atoms in total. The molecule has 0 spiro atoms. The Bertz CT molecular complexity index is 126. The Balaban J connectivity index is 2.87. The van der Waals surface area contributed by atoms with Crippen molar-refractivity contribution in [2.24, 2.45) is 0 Å². The van der Waals surface area contributed by atoms with Crippen molar-refractivity contribution in [1.29, 1.82) is 0 Å². The summed E-state index contributed by atoms with van der Waals surface area (Å²) in [7, 11) is 0. The van der Waals surface area contributed by atoms with Gasteiger partial charge in [0.2, 0.25) is 5.24 Å². The summed E-state index contributed by atoms with van der Waals surface area (Å²) in [5.41, 5.74) is 0. The first-order chi connectivity index (χ1) is 6.27. The summed E-state index contributed by atoms with van der Waals surface area (Å²) in [5.74, 6) is 0. The predicted molar refractivity (Wildman–Crippen MR) is 55.1 cm³/mol. The van der Waals surface area contributed by atoms with Crippen LogP contribution in [-0.2, 0) is 9.53 Å². The largest absolute Gasteiger partial charge is 0.372 e. The minimum absolute atomic E-state index is 0.0521. The van der Waals surface area contributed by atoms with Gasteiger partial charge in [-0.1, -0.05) is 39.0 Å². The van der Waals surface area contributed by atoms with Gasteiger partial charge < -0.3 is 4.74 Å². The van der Waals surface area contributed by atoms with E-state index in [9.17, 15) is 4.79 Å². The van der Waals surface area contributed by atoms with Crippen molar-refractivity contribution in [3.63, 3.8) is 0 Å². The van der Waals surface area contributed by atoms with Gasteiger partial charge in [-0.15, -0.1) is 0 Å². The molecule has 0 aromatic rings. The summed E-state index contributed by atoms with van der Waals surface area (Å²) in [6, 6.07) is 0. The van der Waals surface area contributed by atoms with E-state index >= 15 is 0 Å². The van der Waals surface area contributed by atoms with Crippen LogP contribution in [0.25, 0.3) is 0 Å². The van der Waals surface area contributed by atoms with Crippen LogP contribution in [0, 0.1) is 0 Å². The van der Waals surface area contributed by atoms with Gasteiger partial charge in [0, 0.05) is 6.61 Å². The van der Waals surface area contributed by atoms with Crippen LogP contribution in [0.2, 0.25) is 0 Å². The number of rotatable bonds is 9. The molecule has 0 N–H and O–H groups in total. The molecule has 3 heteroatoms. The van der Waals surface area contributed by atoms with Crippen molar-refractivity contribution in [3.8, 4) is 0 Å². The predicted octanol–water partition coefficient (Wildman–Crippen LogP) is 3.13. The summed E-state index contributed by atoms with van der Waals surface area (Å²) in [6.45, 7) is 2.91. The molecule has 0 bridgehead atoms. The van der Waals surface area contributed by atoms with Gasteiger partial charge in [0.15, 0.2) is 0 Å². The quantitative estimate of drug-likeness (QED) is 0.428. The minimum Gasteiger partial charge on any atom is -0.372 e. The molecule has 0 radical (unpaired) electrons. The van der Waals surface area contributed by atoms with Crippen molar-refractivity contribution in [3.05, 3.63) is 0 Å². The van der Waals surface area contributed by atoms with Crippen molar-refractivity contribution in [2.75, 3.05) is 13.2 Å². The first-order valence-electron chi connectivity index (χ1n) is 5.03. The number of ether oxygens (including phenoxy) is 1. The maximum atomic E-state index is 10.3. The molecular formula is C10H19ClO2. The lowest BCUT2D eigenvalue weighted by Crippen LogP contribution is -2.02. The highest BCUT2D eigenvalue weighted by molar-refractivity contribution is 6.63. The summed E-state index contributed by atoms with van der Waals surface area (Å²) in [6.07, 6.45) is 7.40. The standard InChI is InChI=1S/C10H19ClO2/c1-2-3-4-5-6-7-8-13-9-10(11)12/h2-9H2,1H3. The van der Waals surface area contributed by atoms with Gasteiger partial charge in [-0.25, -0.2) is 0 Å². The molecule has 78 valence electrons. The third-order valence-electron chi connectivity index (χ3n) is 1.86. The van der Waals surface area contributed by atoms with E-state index in [0.717, 1.165) is 6.42 Å². The van der Waals surface area contributed by atoms with E-state index in [1.54, 1.807) is 0 Å². The normalized spacial score (nSPS) is 10.3. The fourth-order valence-electron chi connectivity index (χ4n) is 1.14. The van der Waals surface area contributed by atoms with E-state index in [0.29, 0.717) is 6.61 Å². The smallest absolute Gasteiger partial charge is 0.247 e. The molecule has 0 unspecified atom stereocenters. The molecule has 0 rings (SSSR count). The lowest BCUT2D eigenvalue weighted by Gasteiger charge is -2.01. The van der Waals surface area contributed by atoms with Crippen LogP contribution in [0.3, 0.4) is 0 Å². The summed E-state index contributed by atoms with van der Waals surface area (Å²) >= 11 is 5.10. The Kier molecular flexibility index (Phi) is 9.94. The van der Waals surface area contributed by atoms with Crippen LogP contribution >= 0.6 is 11.6 Å². The van der Waals surface area contributed by atoms with E-state index in [1.165, 1.54) is 32.1 Å². The van der Waals surface area contributed by atoms with Crippen LogP contribution in [-0.4, -0.2) is 18.5 Å². The van der Waals surface area contributed by atoms with Crippen LogP contribution in [0.4, 0.5) is 0 Å². The van der Waals surface area contributed by atoms with Crippen molar-refractivity contribution < 1.29 is 9.53 Å². The van der Waals surface area contributed by atoms with Gasteiger partial charge >= 0.3 is 0 Å². The molecule has 0 saturated heterocycles. The average Bonchev–Trinajstić information content (AvgIpc) is 2.09. The van der Waals surface area contributed by atoms with Crippen molar-refractivity contribution in [2.45, 2.75) is 45.4 Å². The molecule has 0 heterocycles. The van der Waals surface area contributed by atoms with Crippen LogP contribution in [0.5, 0.6) is 0 Å². The Morgan fingerprint density at radius 3 is 2.38 bits per heavy atom. The zero-order valence-electron chi connectivity index (χ0n) is 8.35. The molecule has 0 aromatic heterocycles. The fourth-order valence-corrected chi connectivity index (χ4v) is 1.21. The Morgan fingerprint density at radius 1 is 1.15 bits per heavy atom. The Morgan fingerprint density at radius 2 is 1.77 bits per heavy atom. The van der Waals surface area contributed by atoms with Gasteiger partial charge in [-0.3, -0.25) is 4.79 Å². The molecule has 13 heavy (non-hydrogen) atoms. The maximum Gasteiger partial charge on any atom is 0.247 e. The third kappa shape index (κ3) is 11.9. The number of carbonyl (C=O) groups excluding carboxylic acids is 1. The number of hydrogen-bond acceptors (Lipinski definition) is 2. The molecule has 0 fully saturated rings. The van der Waals surface area contributed by atoms with Gasteiger partial charge in [-0.05, 0) is 18.0 Å². The molecular weight excluding hydrogens is 188 g/mol. The lowest BCUT2D eigenvalue weighted by atomic mass is 10.1. The van der Waals surface area contributed by atoms with E-state index in [1.807, 2.05) is 0 Å². The second-order valence-corrected chi connectivity index (χ2v) is 3.60. The first-order valence-corrected chi connectivity index (χ1v) is 5.41. The summed E-state index contributed by atoms with van der Waals surface area (Å²) in [5, 5.41) is -0.411. The second kappa shape index (κ2) is 10.0. The number of unbranched alkanes of at least 4 members (excludes halogenated alkanes) is 5. The van der Waals surface area contributed by atoms with E-state index in [4.69, 9.17) is 16.3 Å². The van der Waals surface area contributed by atoms with Gasteiger partial charge in [0.1, 0.15) is 6.61 Å². The van der Waals surface area contributed by atoms with Crippen molar-refractivity contribution >= 4 is 16.8 Å². The highest BCUT2D eigenvalue weighted by Crippen LogP contribution is 2.04. The van der Waals surface area contributed by atoms with Gasteiger partial charge in [0.05, 0.1) is 0 Å². The monoisotopic (exact) mass is 206 g/mol. The highest BCUT2D eigenvalue weighted by atomic mass is 35.5. The van der Waals surface area contributed by atoms with Crippen LogP contribution < -0.4 is 0 Å². The van der Waals surface area contributed by atoms with E-state index in [2.05, 4.69) is 6.92 Å². The molecule has 0 aliphatic carbocycles. The maximum absolute atomic E-state index is 10.3. The second-order valence-electron chi connectivity index (χ2n) is 3.18. The lowest BCUT2D eigenvalue weighted by molar-refractivity contribution is -0.115. The highest BCUT2D eigenvalue weighted by Gasteiger charge is 1.95. The minimum atomic E-state index is -0.411. The van der Waals surface area contributed by atoms with E-state index < -0.39 is 5.24 Å². The molecule has 0 aliphatic heterocycles. The number of carbonyl (C=O) groups is 1. The number of hydrogen-bond donors (Lipinski definition) is 0. The molecule has 0 aliphatic rings. The molecule has 0 amide bonds. The first kappa shape index (κ1) is 12.9. The molecule has 0 atom stereocenters. The zero-order valence-corrected chi connectivity index (χ0v) is 9.11. The van der Waals surface area contributed by atoms with Crippen LogP contribution in [0.1, 0.15) is 45.4 Å². The molecule has 0 aromatic carbocycles. The van der Waals surface area contributed by atoms with Crippen LogP contribution in [0.15, 0.2) is 0 Å². The average molecular weight is 207 g/mol. The number of halogens is 1. The fraction of sp³-hybridized carbons (Fsp3) is 0.900. The SMILES string of the molecule is CCCCCCCCOCC(=O)Cl. The van der Waals surface area contributed by atoms with Crippen molar-refractivity contribution in [1.82, 2.24) is 0 Å². The Hall–Kier alpha value is -0.0800. The van der Waals surface area contributed by atoms with Gasteiger partial charge in [0.25, 0.3) is 0 Å². The summed E-state index contributed by atoms with van der Waals surface area (Å²) in [4.78, 5) is 10.3. The topological polar surface area (TPSA) is 26.3 Å². The molecule has 0 saturated carbocycles. The zero-order chi connectivity index (χ0) is 9.94. The Labute approximate surface area is 85.6 Å².